The van der Waals surface area contributed by atoms with E-state index in [0.29, 0.717) is 5.92 Å². The molecule has 2 aromatic rings. The van der Waals surface area contributed by atoms with Crippen LogP contribution in [-0.4, -0.2) is 22.9 Å². The van der Waals surface area contributed by atoms with Gasteiger partial charge in [0.1, 0.15) is 0 Å². The van der Waals surface area contributed by atoms with Crippen molar-refractivity contribution in [3.63, 3.8) is 0 Å². The Labute approximate surface area is 122 Å². The lowest BCUT2D eigenvalue weighted by atomic mass is 10.00. The average Bonchev–Trinajstić information content (AvgIpc) is 2.75. The highest BCUT2D eigenvalue weighted by atomic mass is 15.3. The number of aromatic nitrogens is 2. The van der Waals surface area contributed by atoms with Crippen molar-refractivity contribution in [2.45, 2.75) is 40.2 Å². The number of benzene rings is 1. The summed E-state index contributed by atoms with van der Waals surface area (Å²) in [7, 11) is 0. The summed E-state index contributed by atoms with van der Waals surface area (Å²) in [6.07, 6.45) is 0. The lowest BCUT2D eigenvalue weighted by Crippen LogP contribution is -2.19. The zero-order chi connectivity index (χ0) is 14.5. The van der Waals surface area contributed by atoms with Crippen molar-refractivity contribution >= 4 is 0 Å². The Bertz CT molecular complexity index is 540. The maximum atomic E-state index is 4.51. The van der Waals surface area contributed by atoms with Crippen LogP contribution >= 0.6 is 0 Å². The molecule has 1 atom stereocenters. The highest BCUT2D eigenvalue weighted by Crippen LogP contribution is 2.16. The van der Waals surface area contributed by atoms with Crippen LogP contribution in [0.5, 0.6) is 0 Å². The molecule has 0 aliphatic rings. The van der Waals surface area contributed by atoms with Gasteiger partial charge in [-0.1, -0.05) is 38.1 Å². The Balaban J connectivity index is 2.03. The summed E-state index contributed by atoms with van der Waals surface area (Å²) in [4.78, 5) is 0. The summed E-state index contributed by atoms with van der Waals surface area (Å²) in [5, 5.41) is 7.91. The summed E-state index contributed by atoms with van der Waals surface area (Å²) >= 11 is 0. The Morgan fingerprint density at radius 1 is 1.20 bits per heavy atom. The van der Waals surface area contributed by atoms with Crippen LogP contribution < -0.4 is 5.32 Å². The van der Waals surface area contributed by atoms with Gasteiger partial charge in [0.2, 0.25) is 0 Å². The molecule has 0 fully saturated rings. The molecule has 108 valence electrons. The van der Waals surface area contributed by atoms with Gasteiger partial charge < -0.3 is 5.32 Å². The predicted molar refractivity (Wildman–Crippen MR) is 84.2 cm³/mol. The zero-order valence-corrected chi connectivity index (χ0v) is 13.0. The number of rotatable bonds is 6. The molecule has 0 bridgehead atoms. The van der Waals surface area contributed by atoms with Gasteiger partial charge in [-0.3, -0.25) is 4.68 Å². The van der Waals surface area contributed by atoms with Gasteiger partial charge in [-0.05, 0) is 43.5 Å². The van der Waals surface area contributed by atoms with E-state index in [-0.39, 0.29) is 0 Å². The molecule has 1 aromatic heterocycles. The molecule has 0 saturated heterocycles. The number of hydrogen-bond donors (Lipinski definition) is 1. The maximum absolute atomic E-state index is 4.51. The minimum absolute atomic E-state index is 0.553. The van der Waals surface area contributed by atoms with Gasteiger partial charge >= 0.3 is 0 Å². The van der Waals surface area contributed by atoms with Crippen LogP contribution in [0, 0.1) is 13.8 Å². The van der Waals surface area contributed by atoms with E-state index in [1.165, 1.54) is 16.8 Å². The van der Waals surface area contributed by atoms with Crippen molar-refractivity contribution in [3.05, 3.63) is 52.8 Å². The third kappa shape index (κ3) is 3.70. The minimum Gasteiger partial charge on any atom is -0.316 e. The molecule has 1 unspecified atom stereocenters. The summed E-state index contributed by atoms with van der Waals surface area (Å²) in [6.45, 7) is 11.5. The van der Waals surface area contributed by atoms with E-state index in [4.69, 9.17) is 0 Å². The van der Waals surface area contributed by atoms with Crippen LogP contribution in [0.25, 0.3) is 0 Å². The molecule has 1 heterocycles. The van der Waals surface area contributed by atoms with Gasteiger partial charge in [0, 0.05) is 12.2 Å². The quantitative estimate of drug-likeness (QED) is 0.874. The number of nitrogens with zero attached hydrogens (tertiary/aromatic N) is 2. The molecule has 1 N–H and O–H groups in total. The smallest absolute Gasteiger partial charge is 0.0662 e. The molecule has 2 rings (SSSR count). The van der Waals surface area contributed by atoms with Crippen molar-refractivity contribution < 1.29 is 0 Å². The van der Waals surface area contributed by atoms with Gasteiger partial charge in [-0.2, -0.15) is 5.10 Å². The Kier molecular flexibility index (Phi) is 4.96. The van der Waals surface area contributed by atoms with E-state index in [0.717, 1.165) is 25.3 Å². The second-order valence-electron chi connectivity index (χ2n) is 5.54. The summed E-state index contributed by atoms with van der Waals surface area (Å²) in [5.41, 5.74) is 4.99. The number of aryl methyl sites for hydroxylation is 2. The Morgan fingerprint density at radius 3 is 2.45 bits per heavy atom. The van der Waals surface area contributed by atoms with E-state index >= 15 is 0 Å². The van der Waals surface area contributed by atoms with E-state index in [1.807, 2.05) is 6.92 Å². The predicted octanol–water partition coefficient (Wildman–Crippen LogP) is 3.26. The second kappa shape index (κ2) is 6.71. The van der Waals surface area contributed by atoms with Crippen LogP contribution in [0.3, 0.4) is 0 Å². The molecule has 3 nitrogen and oxygen atoms in total. The van der Waals surface area contributed by atoms with Crippen LogP contribution in [0.1, 0.15) is 42.3 Å². The number of hydrogen-bond acceptors (Lipinski definition) is 2. The van der Waals surface area contributed by atoms with Gasteiger partial charge in [0.05, 0.1) is 12.2 Å². The van der Waals surface area contributed by atoms with Crippen LogP contribution in [0.2, 0.25) is 0 Å². The van der Waals surface area contributed by atoms with Gasteiger partial charge in [-0.15, -0.1) is 0 Å². The highest BCUT2D eigenvalue weighted by Gasteiger charge is 2.06. The molecule has 0 amide bonds. The fraction of sp³-hybridized carbons (Fsp3) is 0.471. The molecular formula is C17H25N3. The first-order chi connectivity index (χ1) is 9.60. The van der Waals surface area contributed by atoms with Crippen molar-refractivity contribution in [1.29, 1.82) is 0 Å². The average molecular weight is 271 g/mol. The molecule has 0 aliphatic heterocycles. The first kappa shape index (κ1) is 14.8. The molecule has 1 aromatic carbocycles. The summed E-state index contributed by atoms with van der Waals surface area (Å²) in [6, 6.07) is 11.0. The van der Waals surface area contributed by atoms with Crippen LogP contribution in [0.15, 0.2) is 30.3 Å². The van der Waals surface area contributed by atoms with Crippen molar-refractivity contribution in [2.75, 3.05) is 13.1 Å². The molecule has 20 heavy (non-hydrogen) atoms. The van der Waals surface area contributed by atoms with Crippen molar-refractivity contribution in [1.82, 2.24) is 15.1 Å². The van der Waals surface area contributed by atoms with E-state index in [1.54, 1.807) is 0 Å². The molecule has 0 radical (unpaired) electrons. The van der Waals surface area contributed by atoms with Crippen LogP contribution in [-0.2, 0) is 6.54 Å². The normalized spacial score (nSPS) is 12.6. The molecule has 0 spiro atoms. The third-order valence-electron chi connectivity index (χ3n) is 3.68. The van der Waals surface area contributed by atoms with E-state index in [2.05, 4.69) is 66.2 Å². The minimum atomic E-state index is 0.553. The number of nitrogens with one attached hydrogen (secondary N) is 1. The zero-order valence-electron chi connectivity index (χ0n) is 13.0. The lowest BCUT2D eigenvalue weighted by molar-refractivity contribution is 0.633. The van der Waals surface area contributed by atoms with Crippen LogP contribution in [0.4, 0.5) is 0 Å². The Morgan fingerprint density at radius 2 is 1.90 bits per heavy atom. The molecular weight excluding hydrogens is 246 g/mol. The number of likely N-dealkylation sites (N-methyl/N-ethyl adjacent to an activating group) is 1. The fourth-order valence-electron chi connectivity index (χ4n) is 2.44. The van der Waals surface area contributed by atoms with E-state index < -0.39 is 0 Å². The first-order valence-corrected chi connectivity index (χ1v) is 7.40. The van der Waals surface area contributed by atoms with E-state index in [9.17, 15) is 0 Å². The van der Waals surface area contributed by atoms with Gasteiger partial charge in [0.15, 0.2) is 0 Å². The third-order valence-corrected chi connectivity index (χ3v) is 3.68. The fourth-order valence-corrected chi connectivity index (χ4v) is 2.44. The monoisotopic (exact) mass is 271 g/mol. The van der Waals surface area contributed by atoms with Gasteiger partial charge in [0.25, 0.3) is 0 Å². The maximum Gasteiger partial charge on any atom is 0.0662 e. The highest BCUT2D eigenvalue weighted by molar-refractivity contribution is 5.26. The largest absolute Gasteiger partial charge is 0.316 e. The van der Waals surface area contributed by atoms with Crippen molar-refractivity contribution in [2.24, 2.45) is 0 Å². The topological polar surface area (TPSA) is 29.9 Å². The van der Waals surface area contributed by atoms with Crippen molar-refractivity contribution in [3.8, 4) is 0 Å². The van der Waals surface area contributed by atoms with Gasteiger partial charge in [-0.25, -0.2) is 0 Å². The summed E-state index contributed by atoms with van der Waals surface area (Å²) < 4.78 is 2.06. The Hall–Kier alpha value is -1.61. The lowest BCUT2D eigenvalue weighted by Gasteiger charge is -2.13. The summed E-state index contributed by atoms with van der Waals surface area (Å²) in [5.74, 6) is 0.553. The molecule has 3 heteroatoms. The second-order valence-corrected chi connectivity index (χ2v) is 5.54. The standard InChI is InChI=1S/C17H25N3/c1-5-18-11-13(2)17-8-6-16(7-9-17)12-20-15(4)10-14(3)19-20/h6-10,13,18H,5,11-12H2,1-4H3. The molecule has 0 saturated carbocycles. The molecule has 0 aliphatic carbocycles. The first-order valence-electron chi connectivity index (χ1n) is 7.40. The SMILES string of the molecule is CCNCC(C)c1ccc(Cn2nc(C)cc2C)cc1.